The van der Waals surface area contributed by atoms with E-state index >= 15 is 0 Å². The summed E-state index contributed by atoms with van der Waals surface area (Å²) < 4.78 is 27.2. The number of carbonyl (C=O) groups excluding carboxylic acids is 1. The Morgan fingerprint density at radius 1 is 1.19 bits per heavy atom. The number of aliphatic hydroxyl groups excluding tert-OH is 1. The first-order chi connectivity index (χ1) is 17.2. The Labute approximate surface area is 216 Å². The van der Waals surface area contributed by atoms with E-state index in [1.807, 2.05) is 18.2 Å². The lowest BCUT2D eigenvalue weighted by molar-refractivity contribution is -0.0171. The van der Waals surface area contributed by atoms with Gasteiger partial charge in [-0.25, -0.2) is 13.7 Å². The van der Waals surface area contributed by atoms with Gasteiger partial charge in [-0.1, -0.05) is 45.1 Å². The molecule has 196 valence electrons. The second-order valence-electron chi connectivity index (χ2n) is 10.9. The molecule has 0 radical (unpaired) electrons. The molecule has 2 aliphatic heterocycles. The number of ether oxygens (including phenoxy) is 2. The number of nitrogens with one attached hydrogen (secondary N) is 1. The largest absolute Gasteiger partial charge is 0.487 e. The molecular formula is C28H38N2O5S. The molecule has 0 aromatic heterocycles. The Balaban J connectivity index is 1.36. The highest BCUT2D eigenvalue weighted by Gasteiger charge is 2.41. The molecule has 7 nitrogen and oxygen atoms in total. The van der Waals surface area contributed by atoms with Crippen molar-refractivity contribution < 1.29 is 23.6 Å². The minimum Gasteiger partial charge on any atom is -0.487 e. The van der Waals surface area contributed by atoms with Crippen LogP contribution in [0.1, 0.15) is 57.6 Å². The summed E-state index contributed by atoms with van der Waals surface area (Å²) >= 11 is 0. The smallest absolute Gasteiger partial charge is 0.409 e. The van der Waals surface area contributed by atoms with Gasteiger partial charge in [0.05, 0.1) is 18.1 Å². The molecule has 1 spiro atoms. The van der Waals surface area contributed by atoms with Crippen LogP contribution in [0.15, 0.2) is 47.4 Å². The molecule has 1 aliphatic carbocycles. The fourth-order valence-corrected chi connectivity index (χ4v) is 5.58. The molecule has 3 aliphatic rings. The molecule has 2 heterocycles. The van der Waals surface area contributed by atoms with Crippen molar-refractivity contribution in [3.05, 3.63) is 58.5 Å². The van der Waals surface area contributed by atoms with Crippen LogP contribution in [0.2, 0.25) is 0 Å². The first-order valence-electron chi connectivity index (χ1n) is 12.8. The number of hydrogen-bond acceptors (Lipinski definition) is 5. The quantitative estimate of drug-likeness (QED) is 0.584. The van der Waals surface area contributed by atoms with Crippen molar-refractivity contribution in [2.45, 2.75) is 58.5 Å². The van der Waals surface area contributed by atoms with Crippen LogP contribution in [0.3, 0.4) is 0 Å². The van der Waals surface area contributed by atoms with Crippen molar-refractivity contribution >= 4 is 22.7 Å². The first kappa shape index (κ1) is 26.6. The van der Waals surface area contributed by atoms with Gasteiger partial charge < -0.3 is 19.5 Å². The van der Waals surface area contributed by atoms with Gasteiger partial charge in [-0.3, -0.25) is 0 Å². The average Bonchev–Trinajstić information content (AvgIpc) is 3.12. The summed E-state index contributed by atoms with van der Waals surface area (Å²) in [5.41, 5.74) is 3.14. The number of likely N-dealkylation sites (tertiary alicyclic amines) is 1. The van der Waals surface area contributed by atoms with E-state index < -0.39 is 11.0 Å². The van der Waals surface area contributed by atoms with Crippen molar-refractivity contribution in [3.8, 4) is 5.75 Å². The van der Waals surface area contributed by atoms with E-state index in [9.17, 15) is 9.00 Å². The number of carbonyl (C=O) groups is 1. The van der Waals surface area contributed by atoms with Crippen LogP contribution in [0.5, 0.6) is 5.75 Å². The SMILES string of the molecule is CC(C)(C)COC(=O)N1CCC2(CCc3cc(C4=CCC=C(S(=O)NCCO)C=C4)ccc3O2)CC1. The van der Waals surface area contributed by atoms with Gasteiger partial charge in [-0.2, -0.15) is 0 Å². The van der Waals surface area contributed by atoms with Crippen LogP contribution < -0.4 is 9.46 Å². The lowest BCUT2D eigenvalue weighted by Gasteiger charge is -2.44. The molecule has 2 N–H and O–H groups in total. The minimum absolute atomic E-state index is 0.0422. The monoisotopic (exact) mass is 514 g/mol. The number of piperidine rings is 1. The number of fused-ring (bicyclic) bond motifs is 1. The summed E-state index contributed by atoms with van der Waals surface area (Å²) in [5, 5.41) is 8.94. The van der Waals surface area contributed by atoms with E-state index in [4.69, 9.17) is 14.6 Å². The molecule has 1 aromatic carbocycles. The topological polar surface area (TPSA) is 88.1 Å². The van der Waals surface area contributed by atoms with E-state index in [1.165, 1.54) is 5.56 Å². The number of rotatable bonds is 6. The summed E-state index contributed by atoms with van der Waals surface area (Å²) in [6.45, 7) is 8.14. The molecule has 36 heavy (non-hydrogen) atoms. The number of amides is 1. The minimum atomic E-state index is -1.33. The zero-order valence-corrected chi connectivity index (χ0v) is 22.4. The molecule has 1 unspecified atom stereocenters. The third-order valence-electron chi connectivity index (χ3n) is 6.77. The maximum absolute atomic E-state index is 12.4. The summed E-state index contributed by atoms with van der Waals surface area (Å²) in [5.74, 6) is 0.931. The Hall–Kier alpha value is -2.42. The van der Waals surface area contributed by atoms with Crippen LogP contribution >= 0.6 is 0 Å². The maximum Gasteiger partial charge on any atom is 0.409 e. The van der Waals surface area contributed by atoms with Crippen molar-refractivity contribution in [2.75, 3.05) is 32.8 Å². The number of benzene rings is 1. The van der Waals surface area contributed by atoms with E-state index in [-0.39, 0.29) is 23.7 Å². The van der Waals surface area contributed by atoms with E-state index in [1.54, 1.807) is 4.90 Å². The molecular weight excluding hydrogens is 476 g/mol. The van der Waals surface area contributed by atoms with E-state index in [2.05, 4.69) is 49.8 Å². The fourth-order valence-electron chi connectivity index (χ4n) is 4.70. The molecule has 1 atom stereocenters. The van der Waals surface area contributed by atoms with Crippen LogP contribution in [0, 0.1) is 5.41 Å². The van der Waals surface area contributed by atoms with Crippen molar-refractivity contribution in [3.63, 3.8) is 0 Å². The van der Waals surface area contributed by atoms with Gasteiger partial charge in [0.1, 0.15) is 22.3 Å². The normalized spacial score (nSPS) is 20.1. The first-order valence-corrected chi connectivity index (χ1v) is 13.9. The molecule has 1 fully saturated rings. The van der Waals surface area contributed by atoms with Crippen LogP contribution in [0.25, 0.3) is 5.57 Å². The lowest BCUT2D eigenvalue weighted by Crippen LogP contribution is -2.51. The predicted octanol–water partition coefficient (Wildman–Crippen LogP) is 4.50. The summed E-state index contributed by atoms with van der Waals surface area (Å²) in [7, 11) is -1.33. The molecule has 1 saturated heterocycles. The zero-order chi connectivity index (χ0) is 25.8. The predicted molar refractivity (Wildman–Crippen MR) is 143 cm³/mol. The second-order valence-corrected chi connectivity index (χ2v) is 12.2. The van der Waals surface area contributed by atoms with Crippen LogP contribution in [-0.2, 0) is 22.1 Å². The van der Waals surface area contributed by atoms with Crippen molar-refractivity contribution in [2.24, 2.45) is 5.41 Å². The number of aliphatic hydroxyl groups is 1. The van der Waals surface area contributed by atoms with E-state index in [0.29, 0.717) is 37.6 Å². The molecule has 8 heteroatoms. The van der Waals surface area contributed by atoms with Crippen molar-refractivity contribution in [1.29, 1.82) is 0 Å². The van der Waals surface area contributed by atoms with Gasteiger partial charge in [0.2, 0.25) is 0 Å². The average molecular weight is 515 g/mol. The number of nitrogens with zero attached hydrogens (tertiary/aromatic N) is 1. The highest BCUT2D eigenvalue weighted by atomic mass is 32.2. The Morgan fingerprint density at radius 2 is 1.97 bits per heavy atom. The molecule has 0 saturated carbocycles. The fraction of sp³-hybridized carbons (Fsp3) is 0.536. The second kappa shape index (κ2) is 11.3. The summed E-state index contributed by atoms with van der Waals surface area (Å²) in [6, 6.07) is 6.34. The molecule has 0 bridgehead atoms. The Morgan fingerprint density at radius 3 is 2.69 bits per heavy atom. The molecule has 1 aromatic rings. The number of aryl methyl sites for hydroxylation is 1. The third kappa shape index (κ3) is 6.66. The molecule has 1 amide bonds. The molecule has 4 rings (SSSR count). The van der Waals surface area contributed by atoms with Gasteiger partial charge in [-0.15, -0.1) is 0 Å². The highest BCUT2D eigenvalue weighted by Crippen LogP contribution is 2.40. The lowest BCUT2D eigenvalue weighted by atomic mass is 9.82. The number of allylic oxidation sites excluding steroid dienone is 5. The third-order valence-corrected chi connectivity index (χ3v) is 7.97. The standard InChI is InChI=1S/C28H38N2O5S/c1-27(2,3)20-34-26(32)30-16-13-28(14-17-30)12-11-23-19-22(8-10-25(23)35-28)21-5-4-6-24(9-7-21)36(33)29-15-18-31/h5-10,19,29,31H,4,11-18,20H2,1-3H3. The van der Waals surface area contributed by atoms with Crippen LogP contribution in [0.4, 0.5) is 4.79 Å². The van der Waals surface area contributed by atoms with E-state index in [0.717, 1.165) is 42.6 Å². The number of hydrogen-bond donors (Lipinski definition) is 2. The Kier molecular flexibility index (Phi) is 8.37. The summed E-state index contributed by atoms with van der Waals surface area (Å²) in [4.78, 5) is 15.0. The van der Waals surface area contributed by atoms with Crippen LogP contribution in [-0.4, -0.2) is 58.8 Å². The Bertz CT molecular complexity index is 1080. The maximum atomic E-state index is 12.4. The van der Waals surface area contributed by atoms with Gasteiger partial charge in [0, 0.05) is 32.5 Å². The zero-order valence-electron chi connectivity index (χ0n) is 21.5. The van der Waals surface area contributed by atoms with Gasteiger partial charge in [0.25, 0.3) is 0 Å². The van der Waals surface area contributed by atoms with Gasteiger partial charge >= 0.3 is 6.09 Å². The highest BCUT2D eigenvalue weighted by molar-refractivity contribution is 7.87. The van der Waals surface area contributed by atoms with Gasteiger partial charge in [-0.05, 0) is 59.6 Å². The van der Waals surface area contributed by atoms with Crippen molar-refractivity contribution in [1.82, 2.24) is 9.62 Å². The van der Waals surface area contributed by atoms with Gasteiger partial charge in [0.15, 0.2) is 0 Å². The summed E-state index contributed by atoms with van der Waals surface area (Å²) in [6.07, 6.45) is 11.9.